The Labute approximate surface area is 169 Å². The molecule has 1 aromatic heterocycles. The number of halogens is 1. The second-order valence-electron chi connectivity index (χ2n) is 6.85. The Morgan fingerprint density at radius 3 is 2.82 bits per heavy atom. The molecule has 0 aliphatic rings. The molecule has 0 saturated carbocycles. The molecule has 5 nitrogen and oxygen atoms in total. The highest BCUT2D eigenvalue weighted by molar-refractivity contribution is 6.30. The number of aromatic nitrogens is 1. The largest absolute Gasteiger partial charge is 0.462 e. The summed E-state index contributed by atoms with van der Waals surface area (Å²) in [6.45, 7) is 4.64. The molecule has 0 radical (unpaired) electrons. The molecule has 28 heavy (non-hydrogen) atoms. The molecule has 0 aliphatic heterocycles. The Kier molecular flexibility index (Phi) is 6.73. The lowest BCUT2D eigenvalue weighted by molar-refractivity contribution is 0.0528. The summed E-state index contributed by atoms with van der Waals surface area (Å²) < 4.78 is 5.13. The van der Waals surface area contributed by atoms with Crippen molar-refractivity contribution in [2.45, 2.75) is 32.4 Å². The van der Waals surface area contributed by atoms with Gasteiger partial charge in [0.2, 0.25) is 0 Å². The van der Waals surface area contributed by atoms with Crippen molar-refractivity contribution in [2.75, 3.05) is 13.2 Å². The van der Waals surface area contributed by atoms with E-state index in [9.17, 15) is 9.90 Å². The van der Waals surface area contributed by atoms with E-state index in [1.54, 1.807) is 25.1 Å². The maximum absolute atomic E-state index is 12.1. The molecule has 0 amide bonds. The average molecular weight is 401 g/mol. The monoisotopic (exact) mass is 400 g/mol. The van der Waals surface area contributed by atoms with Gasteiger partial charge in [-0.3, -0.25) is 0 Å². The van der Waals surface area contributed by atoms with E-state index in [0.29, 0.717) is 23.7 Å². The van der Waals surface area contributed by atoms with Crippen molar-refractivity contribution in [1.82, 2.24) is 10.3 Å². The molecule has 3 aromatic rings. The zero-order valence-corrected chi connectivity index (χ0v) is 16.8. The number of hydrogen-bond donors (Lipinski definition) is 3. The third kappa shape index (κ3) is 4.73. The summed E-state index contributed by atoms with van der Waals surface area (Å²) in [5, 5.41) is 15.3. The minimum Gasteiger partial charge on any atom is -0.462 e. The lowest BCUT2D eigenvalue weighted by Gasteiger charge is -2.17. The summed E-state index contributed by atoms with van der Waals surface area (Å²) in [7, 11) is 0. The van der Waals surface area contributed by atoms with Crippen LogP contribution >= 0.6 is 11.6 Å². The van der Waals surface area contributed by atoms with Crippen molar-refractivity contribution in [3.8, 4) is 0 Å². The van der Waals surface area contributed by atoms with E-state index in [1.165, 1.54) is 0 Å². The summed E-state index contributed by atoms with van der Waals surface area (Å²) in [4.78, 5) is 15.3. The molecule has 0 spiro atoms. The van der Waals surface area contributed by atoms with Crippen molar-refractivity contribution in [2.24, 2.45) is 0 Å². The number of carbonyl (C=O) groups is 1. The first kappa shape index (κ1) is 20.4. The number of para-hydroxylation sites is 1. The average Bonchev–Trinajstić information content (AvgIpc) is 3.09. The highest BCUT2D eigenvalue weighted by Gasteiger charge is 2.16. The number of nitrogens with one attached hydrogen (secondary N) is 2. The fourth-order valence-electron chi connectivity index (χ4n) is 3.31. The van der Waals surface area contributed by atoms with Gasteiger partial charge in [0, 0.05) is 29.2 Å². The number of rotatable bonds is 8. The van der Waals surface area contributed by atoms with Crippen molar-refractivity contribution in [3.63, 3.8) is 0 Å². The highest BCUT2D eigenvalue weighted by Crippen LogP contribution is 2.24. The zero-order valence-electron chi connectivity index (χ0n) is 16.0. The smallest absolute Gasteiger partial charge is 0.340 e. The summed E-state index contributed by atoms with van der Waals surface area (Å²) in [5.41, 5.74) is 3.24. The first-order valence-electron chi connectivity index (χ1n) is 9.42. The van der Waals surface area contributed by atoms with Crippen LogP contribution in [0.4, 0.5) is 0 Å². The van der Waals surface area contributed by atoms with E-state index in [1.807, 2.05) is 30.5 Å². The third-order valence-corrected chi connectivity index (χ3v) is 4.95. The van der Waals surface area contributed by atoms with Crippen LogP contribution in [0, 0.1) is 0 Å². The number of esters is 1. The number of aliphatic hydroxyl groups is 1. The van der Waals surface area contributed by atoms with Crippen LogP contribution in [0.25, 0.3) is 10.9 Å². The highest BCUT2D eigenvalue weighted by atomic mass is 35.5. The number of ether oxygens (including phenoxy) is 1. The molecule has 3 N–H and O–H groups in total. The third-order valence-electron chi connectivity index (χ3n) is 4.72. The Morgan fingerprint density at radius 2 is 2.07 bits per heavy atom. The lowest BCUT2D eigenvalue weighted by Crippen LogP contribution is -2.32. The van der Waals surface area contributed by atoms with Gasteiger partial charge in [0.05, 0.1) is 23.8 Å². The first-order valence-corrected chi connectivity index (χ1v) is 9.80. The van der Waals surface area contributed by atoms with Gasteiger partial charge < -0.3 is 20.1 Å². The Balaban J connectivity index is 1.65. The van der Waals surface area contributed by atoms with E-state index < -0.39 is 6.10 Å². The maximum atomic E-state index is 12.1. The molecular weight excluding hydrogens is 376 g/mol. The minimum atomic E-state index is -0.625. The molecule has 0 fully saturated rings. The van der Waals surface area contributed by atoms with Gasteiger partial charge in [-0.15, -0.1) is 0 Å². The number of aromatic amines is 1. The molecule has 148 valence electrons. The number of H-pyrrole nitrogens is 1. The fourth-order valence-corrected chi connectivity index (χ4v) is 3.51. The summed E-state index contributed by atoms with van der Waals surface area (Å²) >= 11 is 5.99. The summed E-state index contributed by atoms with van der Waals surface area (Å²) in [6.07, 6.45) is 2.06. The number of aliphatic hydroxyl groups excluding tert-OH is 1. The van der Waals surface area contributed by atoms with Gasteiger partial charge in [-0.05, 0) is 49.6 Å². The normalized spacial score (nSPS) is 13.4. The van der Waals surface area contributed by atoms with Crippen molar-refractivity contribution < 1.29 is 14.6 Å². The molecule has 2 aromatic carbocycles. The minimum absolute atomic E-state index is 0.138. The topological polar surface area (TPSA) is 74.3 Å². The molecule has 3 rings (SSSR count). The van der Waals surface area contributed by atoms with E-state index in [-0.39, 0.29) is 12.0 Å². The number of carbonyl (C=O) groups excluding carboxylic acids is 1. The first-order chi connectivity index (χ1) is 13.5. The van der Waals surface area contributed by atoms with Gasteiger partial charge in [-0.25, -0.2) is 4.79 Å². The Bertz CT molecular complexity index is 954. The van der Waals surface area contributed by atoms with Crippen molar-refractivity contribution in [3.05, 3.63) is 70.4 Å². The molecule has 0 aliphatic carbocycles. The molecular formula is C22H25ClN2O3. The van der Waals surface area contributed by atoms with Crippen LogP contribution in [0.1, 0.15) is 41.4 Å². The quantitative estimate of drug-likeness (QED) is 0.494. The number of benzene rings is 2. The van der Waals surface area contributed by atoms with E-state index >= 15 is 0 Å². The molecule has 6 heteroatoms. The van der Waals surface area contributed by atoms with Crippen LogP contribution in [0.15, 0.2) is 48.7 Å². The number of fused-ring (bicyclic) bond motifs is 1. The van der Waals surface area contributed by atoms with Gasteiger partial charge in [0.1, 0.15) is 0 Å². The van der Waals surface area contributed by atoms with Crippen LogP contribution < -0.4 is 5.32 Å². The Morgan fingerprint density at radius 1 is 1.29 bits per heavy atom. The van der Waals surface area contributed by atoms with Gasteiger partial charge in [0.15, 0.2) is 0 Å². The van der Waals surface area contributed by atoms with Crippen LogP contribution in [0.2, 0.25) is 5.02 Å². The van der Waals surface area contributed by atoms with E-state index in [0.717, 1.165) is 28.5 Å². The van der Waals surface area contributed by atoms with Crippen LogP contribution in [-0.4, -0.2) is 35.3 Å². The van der Waals surface area contributed by atoms with Crippen LogP contribution in [0.3, 0.4) is 0 Å². The van der Waals surface area contributed by atoms with Crippen LogP contribution in [-0.2, 0) is 11.2 Å². The fraction of sp³-hybridized carbons (Fsp3) is 0.318. The van der Waals surface area contributed by atoms with Gasteiger partial charge in [0.25, 0.3) is 0 Å². The van der Waals surface area contributed by atoms with Crippen molar-refractivity contribution in [1.29, 1.82) is 0 Å². The van der Waals surface area contributed by atoms with Crippen LogP contribution in [0.5, 0.6) is 0 Å². The standard InChI is InChI=1S/C22H25ClN2O3/c1-3-28-22(27)19-9-5-8-18-16(12-25-21(18)19)10-14(2)24-13-20(26)15-6-4-7-17(23)11-15/h4-9,11-12,14,20,24-26H,3,10,13H2,1-2H3/t14-,20-/m1/s1. The second-order valence-corrected chi connectivity index (χ2v) is 7.28. The maximum Gasteiger partial charge on any atom is 0.340 e. The molecule has 2 atom stereocenters. The summed E-state index contributed by atoms with van der Waals surface area (Å²) in [5.74, 6) is -0.322. The molecule has 0 bridgehead atoms. The predicted molar refractivity (Wildman–Crippen MR) is 112 cm³/mol. The molecule has 0 saturated heterocycles. The zero-order chi connectivity index (χ0) is 20.1. The van der Waals surface area contributed by atoms with E-state index in [4.69, 9.17) is 16.3 Å². The Hall–Kier alpha value is -2.34. The lowest BCUT2D eigenvalue weighted by atomic mass is 10.0. The van der Waals surface area contributed by atoms with Crippen molar-refractivity contribution >= 4 is 28.5 Å². The van der Waals surface area contributed by atoms with Gasteiger partial charge in [-0.2, -0.15) is 0 Å². The molecule has 0 unspecified atom stereocenters. The number of hydrogen-bond acceptors (Lipinski definition) is 4. The van der Waals surface area contributed by atoms with Gasteiger partial charge >= 0.3 is 5.97 Å². The molecule has 1 heterocycles. The summed E-state index contributed by atoms with van der Waals surface area (Å²) in [6, 6.07) is 13.0. The van der Waals surface area contributed by atoms with E-state index in [2.05, 4.69) is 17.2 Å². The predicted octanol–water partition coefficient (Wildman–Crippen LogP) is 4.25. The second kappa shape index (κ2) is 9.24. The van der Waals surface area contributed by atoms with Gasteiger partial charge in [-0.1, -0.05) is 35.9 Å². The SMILES string of the molecule is CCOC(=O)c1cccc2c(C[C@@H](C)NC[C@@H](O)c3cccc(Cl)c3)c[nH]c12.